The van der Waals surface area contributed by atoms with E-state index in [1.54, 1.807) is 13.0 Å². The highest BCUT2D eigenvalue weighted by molar-refractivity contribution is 7.90. The number of carbonyl (C=O) groups is 2. The summed E-state index contributed by atoms with van der Waals surface area (Å²) in [5.41, 5.74) is 2.26. The molecule has 0 aliphatic heterocycles. The van der Waals surface area contributed by atoms with Crippen LogP contribution in [0.3, 0.4) is 0 Å². The minimum atomic E-state index is -4.30. The number of benzene rings is 2. The lowest BCUT2D eigenvalue weighted by Gasteiger charge is -2.30. The van der Waals surface area contributed by atoms with Crippen LogP contribution in [0, 0.1) is 13.8 Å². The molecule has 0 fully saturated rings. The number of ether oxygens (including phenoxy) is 2. The molecule has 12 nitrogen and oxygen atoms in total. The summed E-state index contributed by atoms with van der Waals surface area (Å²) in [5.74, 6) is -0.950. The van der Waals surface area contributed by atoms with E-state index in [2.05, 4.69) is 20.3 Å². The number of methoxy groups -OCH3 is 2. The van der Waals surface area contributed by atoms with E-state index in [9.17, 15) is 18.0 Å². The number of nitrogens with zero attached hydrogens (tertiary/aromatic N) is 4. The Morgan fingerprint density at radius 3 is 2.24 bits per heavy atom. The Balaban J connectivity index is 2.02. The third-order valence-electron chi connectivity index (χ3n) is 5.19. The van der Waals surface area contributed by atoms with Gasteiger partial charge in [0.25, 0.3) is 10.0 Å². The van der Waals surface area contributed by atoms with Crippen molar-refractivity contribution < 1.29 is 27.5 Å². The summed E-state index contributed by atoms with van der Waals surface area (Å²) < 4.78 is 37.2. The third-order valence-corrected chi connectivity index (χ3v) is 7.02. The number of amides is 2. The molecule has 1 unspecified atom stereocenters. The molecular formula is C23H25ClN6O6S. The standard InChI is InChI=1S/C23H25ClN6O6S/c1-13-9-8-10-14(2)18(13)30(15(3)19(31)35-4)21-25-20(27-23(28-21)36-5)26-22(32)29-37(33,34)17-12-7-6-11-16(17)24/h6-12,15H,1-5H3,(H2,25,26,27,28,29,32). The van der Waals surface area contributed by atoms with Crippen molar-refractivity contribution in [2.75, 3.05) is 24.4 Å². The van der Waals surface area contributed by atoms with Crippen LogP contribution in [-0.2, 0) is 19.6 Å². The Hall–Kier alpha value is -3.97. The predicted molar refractivity (Wildman–Crippen MR) is 137 cm³/mol. The molecule has 0 radical (unpaired) electrons. The molecule has 0 saturated carbocycles. The molecule has 1 aromatic heterocycles. The van der Waals surface area contributed by atoms with Crippen molar-refractivity contribution in [2.45, 2.75) is 31.7 Å². The average Bonchev–Trinajstić information content (AvgIpc) is 2.84. The van der Waals surface area contributed by atoms with Crippen LogP contribution in [0.25, 0.3) is 0 Å². The van der Waals surface area contributed by atoms with Gasteiger partial charge in [-0.2, -0.15) is 15.0 Å². The molecule has 0 bridgehead atoms. The third kappa shape index (κ3) is 6.24. The molecule has 1 heterocycles. The molecule has 0 aliphatic carbocycles. The molecule has 3 aromatic rings. The Morgan fingerprint density at radius 1 is 1.00 bits per heavy atom. The van der Waals surface area contributed by atoms with E-state index in [0.29, 0.717) is 5.69 Å². The number of para-hydroxylation sites is 1. The monoisotopic (exact) mass is 548 g/mol. The van der Waals surface area contributed by atoms with Gasteiger partial charge in [0, 0.05) is 0 Å². The second-order valence-electron chi connectivity index (χ2n) is 7.75. The highest BCUT2D eigenvalue weighted by Gasteiger charge is 2.30. The van der Waals surface area contributed by atoms with Crippen molar-refractivity contribution in [2.24, 2.45) is 0 Å². The molecule has 37 heavy (non-hydrogen) atoms. The van der Waals surface area contributed by atoms with Gasteiger partial charge in [-0.25, -0.2) is 22.7 Å². The van der Waals surface area contributed by atoms with Gasteiger partial charge in [0.2, 0.25) is 11.9 Å². The fourth-order valence-electron chi connectivity index (χ4n) is 3.50. The number of anilines is 3. The molecule has 0 saturated heterocycles. The van der Waals surface area contributed by atoms with Crippen LogP contribution in [0.15, 0.2) is 47.4 Å². The number of aryl methyl sites for hydroxylation is 2. The van der Waals surface area contributed by atoms with Crippen LogP contribution in [0.4, 0.5) is 22.4 Å². The van der Waals surface area contributed by atoms with Gasteiger partial charge in [-0.15, -0.1) is 0 Å². The van der Waals surface area contributed by atoms with E-state index in [0.717, 1.165) is 11.1 Å². The lowest BCUT2D eigenvalue weighted by Crippen LogP contribution is -2.39. The topological polar surface area (TPSA) is 153 Å². The molecule has 2 aromatic carbocycles. The Labute approximate surface area is 219 Å². The quantitative estimate of drug-likeness (QED) is 0.400. The van der Waals surface area contributed by atoms with Crippen LogP contribution in [0.1, 0.15) is 18.1 Å². The summed E-state index contributed by atoms with van der Waals surface area (Å²) >= 11 is 5.95. The van der Waals surface area contributed by atoms with Gasteiger partial charge >= 0.3 is 18.0 Å². The molecule has 1 atom stereocenters. The number of nitrogens with one attached hydrogen (secondary N) is 2. The number of carbonyl (C=O) groups excluding carboxylic acids is 2. The number of hydrogen-bond donors (Lipinski definition) is 2. The average molecular weight is 549 g/mol. The first-order valence-electron chi connectivity index (χ1n) is 10.8. The number of aromatic nitrogens is 3. The highest BCUT2D eigenvalue weighted by Crippen LogP contribution is 2.33. The zero-order chi connectivity index (χ0) is 27.3. The molecular weight excluding hydrogens is 524 g/mol. The van der Waals surface area contributed by atoms with Crippen LogP contribution in [-0.4, -0.2) is 55.6 Å². The SMILES string of the molecule is COC(=O)C(C)N(c1nc(NC(=O)NS(=O)(=O)c2ccccc2Cl)nc(OC)n1)c1c(C)cccc1C. The molecule has 2 amide bonds. The zero-order valence-corrected chi connectivity index (χ0v) is 22.2. The number of halogens is 1. The first-order chi connectivity index (χ1) is 17.5. The Bertz CT molecular complexity index is 1410. The first-order valence-corrected chi connectivity index (χ1v) is 12.7. The fraction of sp³-hybridized carbons (Fsp3) is 0.261. The van der Waals surface area contributed by atoms with Gasteiger partial charge in [0.1, 0.15) is 10.9 Å². The second-order valence-corrected chi connectivity index (χ2v) is 9.80. The van der Waals surface area contributed by atoms with Crippen molar-refractivity contribution in [3.05, 3.63) is 58.6 Å². The smallest absolute Gasteiger partial charge is 0.335 e. The molecule has 196 valence electrons. The maximum Gasteiger partial charge on any atom is 0.335 e. The molecule has 14 heteroatoms. The maximum atomic E-state index is 12.6. The minimum Gasteiger partial charge on any atom is -0.467 e. The first kappa shape index (κ1) is 27.6. The van der Waals surface area contributed by atoms with E-state index in [1.165, 1.54) is 37.3 Å². The lowest BCUT2D eigenvalue weighted by molar-refractivity contribution is -0.141. The van der Waals surface area contributed by atoms with Gasteiger partial charge in [0.15, 0.2) is 0 Å². The van der Waals surface area contributed by atoms with Crippen LogP contribution < -0.4 is 19.7 Å². The van der Waals surface area contributed by atoms with Gasteiger partial charge in [-0.1, -0.05) is 41.9 Å². The van der Waals surface area contributed by atoms with Crippen LogP contribution >= 0.6 is 11.6 Å². The summed E-state index contributed by atoms with van der Waals surface area (Å²) in [6, 6.07) is 8.97. The van der Waals surface area contributed by atoms with Crippen LogP contribution in [0.2, 0.25) is 5.02 Å². The van der Waals surface area contributed by atoms with E-state index >= 15 is 0 Å². The summed E-state index contributed by atoms with van der Waals surface area (Å²) in [5, 5.41) is 2.20. The normalized spacial score (nSPS) is 11.8. The van der Waals surface area contributed by atoms with Gasteiger partial charge in [-0.3, -0.25) is 10.2 Å². The highest BCUT2D eigenvalue weighted by atomic mass is 35.5. The van der Waals surface area contributed by atoms with Crippen molar-refractivity contribution >= 4 is 51.2 Å². The zero-order valence-electron chi connectivity index (χ0n) is 20.6. The summed E-state index contributed by atoms with van der Waals surface area (Å²) in [4.78, 5) is 38.9. The van der Waals surface area contributed by atoms with E-state index in [4.69, 9.17) is 21.1 Å². The fourth-order valence-corrected chi connectivity index (χ4v) is 4.92. The number of sulfonamides is 1. The second kappa shape index (κ2) is 11.4. The van der Waals surface area contributed by atoms with Gasteiger partial charge < -0.3 is 9.47 Å². The maximum absolute atomic E-state index is 12.6. The summed E-state index contributed by atoms with van der Waals surface area (Å²) in [7, 11) is -1.74. The van der Waals surface area contributed by atoms with E-state index in [1.807, 2.05) is 36.8 Å². The predicted octanol–water partition coefficient (Wildman–Crippen LogP) is 3.36. The summed E-state index contributed by atoms with van der Waals surface area (Å²) in [6.45, 7) is 5.30. The molecule has 3 rings (SSSR count). The largest absolute Gasteiger partial charge is 0.467 e. The van der Waals surface area contributed by atoms with Gasteiger partial charge in [0.05, 0.1) is 24.9 Å². The Morgan fingerprint density at radius 2 is 1.65 bits per heavy atom. The molecule has 0 spiro atoms. The minimum absolute atomic E-state index is 0.0496. The van der Waals surface area contributed by atoms with E-state index < -0.39 is 28.1 Å². The summed E-state index contributed by atoms with van der Waals surface area (Å²) in [6.07, 6.45) is 0. The van der Waals surface area contributed by atoms with Crippen molar-refractivity contribution in [1.29, 1.82) is 0 Å². The lowest BCUT2D eigenvalue weighted by atomic mass is 10.1. The number of rotatable bonds is 8. The Kier molecular flexibility index (Phi) is 8.50. The van der Waals surface area contributed by atoms with E-state index in [-0.39, 0.29) is 27.8 Å². The number of urea groups is 1. The van der Waals surface area contributed by atoms with Crippen LogP contribution in [0.5, 0.6) is 6.01 Å². The van der Waals surface area contributed by atoms with Crippen molar-refractivity contribution in [3.63, 3.8) is 0 Å². The molecule has 2 N–H and O–H groups in total. The van der Waals surface area contributed by atoms with Crippen molar-refractivity contribution in [1.82, 2.24) is 19.7 Å². The number of esters is 1. The number of hydrogen-bond acceptors (Lipinski definition) is 10. The van der Waals surface area contributed by atoms with Gasteiger partial charge in [-0.05, 0) is 44.0 Å². The molecule has 0 aliphatic rings. The van der Waals surface area contributed by atoms with Crippen molar-refractivity contribution in [3.8, 4) is 6.01 Å².